The molecule has 2 aromatic rings. The number of hydrogen-bond donors (Lipinski definition) is 2. The second kappa shape index (κ2) is 7.93. The first kappa shape index (κ1) is 18.4. The first-order chi connectivity index (χ1) is 13.6. The molecule has 4 rings (SSSR count). The first-order valence-corrected chi connectivity index (χ1v) is 9.29. The number of amides is 2. The number of fused-ring (bicyclic) bond motifs is 1. The molecule has 2 aliphatic rings. The van der Waals surface area contributed by atoms with Gasteiger partial charge in [-0.3, -0.25) is 9.59 Å². The van der Waals surface area contributed by atoms with Crippen LogP contribution >= 0.6 is 0 Å². The Bertz CT molecular complexity index is 912. The summed E-state index contributed by atoms with van der Waals surface area (Å²) in [6, 6.07) is 8.36. The number of anilines is 2. The van der Waals surface area contributed by atoms with Gasteiger partial charge < -0.3 is 20.3 Å². The maximum atomic E-state index is 14.3. The van der Waals surface area contributed by atoms with Crippen LogP contribution in [-0.2, 0) is 22.5 Å². The molecule has 8 heteroatoms. The van der Waals surface area contributed by atoms with Gasteiger partial charge in [0.1, 0.15) is 11.6 Å². The number of aromatic nitrogens is 1. The van der Waals surface area contributed by atoms with E-state index in [0.717, 1.165) is 24.5 Å². The minimum absolute atomic E-state index is 0.0285. The number of rotatable bonds is 4. The third kappa shape index (κ3) is 3.96. The molecule has 0 spiro atoms. The Balaban J connectivity index is 1.44. The number of ether oxygens (including phenoxy) is 1. The molecule has 2 amide bonds. The van der Waals surface area contributed by atoms with E-state index in [-0.39, 0.29) is 18.0 Å². The van der Waals surface area contributed by atoms with E-state index >= 15 is 0 Å². The van der Waals surface area contributed by atoms with Crippen LogP contribution in [0.1, 0.15) is 28.0 Å². The van der Waals surface area contributed by atoms with Crippen molar-refractivity contribution in [3.8, 4) is 0 Å². The van der Waals surface area contributed by atoms with Crippen molar-refractivity contribution in [2.75, 3.05) is 36.5 Å². The van der Waals surface area contributed by atoms with Gasteiger partial charge in [0, 0.05) is 25.2 Å². The van der Waals surface area contributed by atoms with E-state index < -0.39 is 11.7 Å². The summed E-state index contributed by atoms with van der Waals surface area (Å²) in [5.41, 5.74) is 1.87. The van der Waals surface area contributed by atoms with Crippen molar-refractivity contribution in [3.63, 3.8) is 0 Å². The molecule has 1 aromatic carbocycles. The number of benzene rings is 1. The van der Waals surface area contributed by atoms with Gasteiger partial charge in [0.2, 0.25) is 5.91 Å². The highest BCUT2D eigenvalue weighted by Crippen LogP contribution is 2.26. The van der Waals surface area contributed by atoms with Crippen molar-refractivity contribution in [2.24, 2.45) is 0 Å². The van der Waals surface area contributed by atoms with Gasteiger partial charge >= 0.3 is 0 Å². The minimum atomic E-state index is -0.659. The van der Waals surface area contributed by atoms with Crippen LogP contribution in [0.4, 0.5) is 15.9 Å². The largest absolute Gasteiger partial charge is 0.378 e. The van der Waals surface area contributed by atoms with Crippen LogP contribution in [0.3, 0.4) is 0 Å². The van der Waals surface area contributed by atoms with Crippen LogP contribution in [-0.4, -0.2) is 43.1 Å². The number of carbonyl (C=O) groups excluding carboxylic acids is 2. The lowest BCUT2D eigenvalue weighted by Gasteiger charge is -2.28. The number of carbonyl (C=O) groups is 2. The molecule has 1 aromatic heterocycles. The monoisotopic (exact) mass is 384 g/mol. The van der Waals surface area contributed by atoms with Gasteiger partial charge in [-0.25, -0.2) is 9.37 Å². The Labute approximate surface area is 161 Å². The van der Waals surface area contributed by atoms with Gasteiger partial charge in [0.05, 0.1) is 31.0 Å². The lowest BCUT2D eigenvalue weighted by atomic mass is 9.99. The average molecular weight is 384 g/mol. The predicted molar refractivity (Wildman–Crippen MR) is 102 cm³/mol. The molecule has 146 valence electrons. The zero-order valence-corrected chi connectivity index (χ0v) is 15.3. The van der Waals surface area contributed by atoms with E-state index in [4.69, 9.17) is 4.74 Å². The Morgan fingerprint density at radius 3 is 2.89 bits per heavy atom. The summed E-state index contributed by atoms with van der Waals surface area (Å²) in [7, 11) is 0. The van der Waals surface area contributed by atoms with Gasteiger partial charge in [-0.1, -0.05) is 6.07 Å². The van der Waals surface area contributed by atoms with Gasteiger partial charge in [-0.2, -0.15) is 0 Å². The molecule has 2 N–H and O–H groups in total. The lowest BCUT2D eigenvalue weighted by molar-refractivity contribution is -0.116. The summed E-state index contributed by atoms with van der Waals surface area (Å²) >= 11 is 0. The zero-order valence-electron chi connectivity index (χ0n) is 15.3. The molecule has 0 unspecified atom stereocenters. The Hall–Kier alpha value is -3.00. The molecule has 0 bridgehead atoms. The molecule has 7 nitrogen and oxygen atoms in total. The fourth-order valence-corrected chi connectivity index (χ4v) is 3.38. The SMILES string of the molecule is O=C1CCc2cc(C(=O)NCc3cccc(N4CCOCC4)n3)c(F)cc2N1. The zero-order chi connectivity index (χ0) is 19.5. The average Bonchev–Trinajstić information content (AvgIpc) is 2.72. The molecular weight excluding hydrogens is 363 g/mol. The molecule has 1 fully saturated rings. The van der Waals surface area contributed by atoms with Gasteiger partial charge in [0.15, 0.2) is 0 Å². The fraction of sp³-hybridized carbons (Fsp3) is 0.350. The Morgan fingerprint density at radius 1 is 1.25 bits per heavy atom. The van der Waals surface area contributed by atoms with E-state index in [9.17, 15) is 14.0 Å². The molecule has 0 radical (unpaired) electrons. The topological polar surface area (TPSA) is 83.6 Å². The van der Waals surface area contributed by atoms with E-state index in [0.29, 0.717) is 37.4 Å². The van der Waals surface area contributed by atoms with E-state index in [1.165, 1.54) is 12.1 Å². The molecule has 2 aliphatic heterocycles. The standard InChI is InChI=1S/C20H21FN4O3/c21-16-11-17-13(4-5-19(26)24-17)10-15(16)20(27)22-12-14-2-1-3-18(23-14)25-6-8-28-9-7-25/h1-3,10-11H,4-9,12H2,(H,22,27)(H,24,26). The second-order valence-corrected chi connectivity index (χ2v) is 6.81. The second-order valence-electron chi connectivity index (χ2n) is 6.81. The molecule has 0 aliphatic carbocycles. The van der Waals surface area contributed by atoms with E-state index in [2.05, 4.69) is 20.5 Å². The van der Waals surface area contributed by atoms with Crippen molar-refractivity contribution in [1.29, 1.82) is 0 Å². The highest BCUT2D eigenvalue weighted by atomic mass is 19.1. The third-order valence-electron chi connectivity index (χ3n) is 4.89. The van der Waals surface area contributed by atoms with Crippen LogP contribution in [0.5, 0.6) is 0 Å². The summed E-state index contributed by atoms with van der Waals surface area (Å²) in [4.78, 5) is 30.6. The molecule has 28 heavy (non-hydrogen) atoms. The smallest absolute Gasteiger partial charge is 0.254 e. The number of nitrogens with zero attached hydrogens (tertiary/aromatic N) is 2. The van der Waals surface area contributed by atoms with Gasteiger partial charge in [0.25, 0.3) is 5.91 Å². The van der Waals surface area contributed by atoms with Crippen molar-refractivity contribution in [2.45, 2.75) is 19.4 Å². The summed E-state index contributed by atoms with van der Waals surface area (Å²) in [6.07, 6.45) is 0.822. The first-order valence-electron chi connectivity index (χ1n) is 9.29. The number of aryl methyl sites for hydroxylation is 1. The van der Waals surface area contributed by atoms with Gasteiger partial charge in [-0.15, -0.1) is 0 Å². The van der Waals surface area contributed by atoms with E-state index in [1.54, 1.807) is 0 Å². The number of morpholine rings is 1. The van der Waals surface area contributed by atoms with Crippen LogP contribution in [0.25, 0.3) is 0 Å². The number of hydrogen-bond acceptors (Lipinski definition) is 5. The molecule has 3 heterocycles. The van der Waals surface area contributed by atoms with Crippen LogP contribution in [0.2, 0.25) is 0 Å². The lowest BCUT2D eigenvalue weighted by Crippen LogP contribution is -2.37. The number of nitrogens with one attached hydrogen (secondary N) is 2. The van der Waals surface area contributed by atoms with Crippen LogP contribution in [0, 0.1) is 5.82 Å². The van der Waals surface area contributed by atoms with Crippen molar-refractivity contribution in [3.05, 3.63) is 53.0 Å². The Kier molecular flexibility index (Phi) is 5.21. The quantitative estimate of drug-likeness (QED) is 0.841. The van der Waals surface area contributed by atoms with Crippen molar-refractivity contribution in [1.82, 2.24) is 10.3 Å². The van der Waals surface area contributed by atoms with Crippen LogP contribution in [0.15, 0.2) is 30.3 Å². The third-order valence-corrected chi connectivity index (χ3v) is 4.89. The minimum Gasteiger partial charge on any atom is -0.378 e. The van der Waals surface area contributed by atoms with Crippen molar-refractivity contribution >= 4 is 23.3 Å². The molecule has 0 saturated carbocycles. The summed E-state index contributed by atoms with van der Waals surface area (Å²) in [5, 5.41) is 5.36. The summed E-state index contributed by atoms with van der Waals surface area (Å²) in [5.74, 6) is -0.467. The van der Waals surface area contributed by atoms with Crippen LogP contribution < -0.4 is 15.5 Å². The summed E-state index contributed by atoms with van der Waals surface area (Å²) in [6.45, 7) is 3.09. The highest BCUT2D eigenvalue weighted by molar-refractivity contribution is 5.98. The number of pyridine rings is 1. The molecular formula is C20H21FN4O3. The Morgan fingerprint density at radius 2 is 2.07 bits per heavy atom. The fourth-order valence-electron chi connectivity index (χ4n) is 3.38. The maximum Gasteiger partial charge on any atom is 0.254 e. The van der Waals surface area contributed by atoms with Gasteiger partial charge in [-0.05, 0) is 36.2 Å². The number of halogens is 1. The summed E-state index contributed by atoms with van der Waals surface area (Å²) < 4.78 is 19.7. The van der Waals surface area contributed by atoms with Crippen molar-refractivity contribution < 1.29 is 18.7 Å². The molecule has 0 atom stereocenters. The highest BCUT2D eigenvalue weighted by Gasteiger charge is 2.20. The maximum absolute atomic E-state index is 14.3. The normalized spacial score (nSPS) is 16.3. The van der Waals surface area contributed by atoms with E-state index in [1.807, 2.05) is 18.2 Å². The molecule has 1 saturated heterocycles. The predicted octanol–water partition coefficient (Wildman–Crippen LogP) is 1.87.